The summed E-state index contributed by atoms with van der Waals surface area (Å²) < 4.78 is 32.6. The maximum atomic E-state index is 13.4. The van der Waals surface area contributed by atoms with Crippen molar-refractivity contribution in [3.8, 4) is 34.1 Å². The molecule has 8 nitrogen and oxygen atoms in total. The zero-order valence-electron chi connectivity index (χ0n) is 19.7. The molecule has 0 saturated carbocycles. The van der Waals surface area contributed by atoms with Crippen LogP contribution in [0.4, 0.5) is 0 Å². The molecule has 0 fully saturated rings. The summed E-state index contributed by atoms with van der Waals surface area (Å²) in [5.41, 5.74) is 2.34. The Morgan fingerprint density at radius 1 is 0.829 bits per heavy atom. The quantitative estimate of drug-likeness (QED) is 0.333. The predicted molar refractivity (Wildman–Crippen MR) is 130 cm³/mol. The molecule has 0 bridgehead atoms. The van der Waals surface area contributed by atoms with Crippen molar-refractivity contribution in [3.63, 3.8) is 0 Å². The van der Waals surface area contributed by atoms with E-state index in [-0.39, 0.29) is 12.0 Å². The van der Waals surface area contributed by atoms with Crippen molar-refractivity contribution in [3.05, 3.63) is 82.2 Å². The average Bonchev–Trinajstić information content (AvgIpc) is 2.91. The van der Waals surface area contributed by atoms with E-state index in [1.165, 1.54) is 34.7 Å². The Balaban J connectivity index is 1.67. The zero-order valence-corrected chi connectivity index (χ0v) is 19.7. The third-order valence-electron chi connectivity index (χ3n) is 5.51. The van der Waals surface area contributed by atoms with Crippen LogP contribution in [0.2, 0.25) is 0 Å². The highest BCUT2D eigenvalue weighted by Crippen LogP contribution is 2.35. The van der Waals surface area contributed by atoms with Crippen LogP contribution in [0, 0.1) is 0 Å². The van der Waals surface area contributed by atoms with E-state index in [2.05, 4.69) is 0 Å². The van der Waals surface area contributed by atoms with Crippen molar-refractivity contribution in [2.75, 3.05) is 28.4 Å². The van der Waals surface area contributed by atoms with E-state index < -0.39 is 5.97 Å². The van der Waals surface area contributed by atoms with Crippen LogP contribution < -0.4 is 24.4 Å². The van der Waals surface area contributed by atoms with Gasteiger partial charge in [0, 0.05) is 12.1 Å². The van der Waals surface area contributed by atoms with Crippen LogP contribution in [-0.2, 0) is 11.3 Å². The van der Waals surface area contributed by atoms with Gasteiger partial charge in [0.05, 0.1) is 39.6 Å². The van der Waals surface area contributed by atoms with E-state index in [1.54, 1.807) is 54.6 Å². The fourth-order valence-corrected chi connectivity index (χ4v) is 3.64. The smallest absolute Gasteiger partial charge is 0.337 e. The molecule has 1 aromatic heterocycles. The molecule has 3 aromatic carbocycles. The molecule has 0 radical (unpaired) electrons. The second-order valence-corrected chi connectivity index (χ2v) is 7.52. The SMILES string of the molecule is COC(=O)c1ccc(COc2cc(-c3coc4cc(OC)cc(OC)c4c3=O)ccc2OC)cc1. The molecule has 1 heterocycles. The van der Waals surface area contributed by atoms with Gasteiger partial charge in [0.2, 0.25) is 5.43 Å². The number of esters is 1. The summed E-state index contributed by atoms with van der Waals surface area (Å²) in [4.78, 5) is 25.0. The van der Waals surface area contributed by atoms with Gasteiger partial charge in [-0.2, -0.15) is 0 Å². The monoisotopic (exact) mass is 476 g/mol. The van der Waals surface area contributed by atoms with E-state index in [0.717, 1.165) is 5.56 Å². The van der Waals surface area contributed by atoms with Crippen LogP contribution in [0.1, 0.15) is 15.9 Å². The lowest BCUT2D eigenvalue weighted by Crippen LogP contribution is -2.07. The van der Waals surface area contributed by atoms with Gasteiger partial charge < -0.3 is 28.1 Å². The molecule has 0 aliphatic carbocycles. The largest absolute Gasteiger partial charge is 0.496 e. The van der Waals surface area contributed by atoms with Gasteiger partial charge in [0.25, 0.3) is 0 Å². The standard InChI is InChI=1S/C27H24O8/c1-30-19-12-23(32-3)25-24(13-19)35-15-20(26(25)28)18-9-10-21(31-2)22(11-18)34-14-16-5-7-17(8-6-16)27(29)33-4/h5-13,15H,14H2,1-4H3. The van der Waals surface area contributed by atoms with E-state index in [1.807, 2.05) is 0 Å². The zero-order chi connectivity index (χ0) is 24.9. The Hall–Kier alpha value is -4.46. The van der Waals surface area contributed by atoms with Gasteiger partial charge in [-0.15, -0.1) is 0 Å². The normalized spacial score (nSPS) is 10.6. The van der Waals surface area contributed by atoms with Crippen LogP contribution in [0.3, 0.4) is 0 Å². The van der Waals surface area contributed by atoms with Crippen molar-refractivity contribution in [2.24, 2.45) is 0 Å². The van der Waals surface area contributed by atoms with Crippen molar-refractivity contribution in [2.45, 2.75) is 6.61 Å². The van der Waals surface area contributed by atoms with E-state index >= 15 is 0 Å². The number of carbonyl (C=O) groups excluding carboxylic acids is 1. The number of rotatable bonds is 8. The van der Waals surface area contributed by atoms with Crippen LogP contribution >= 0.6 is 0 Å². The first-order chi connectivity index (χ1) is 17.0. The first-order valence-corrected chi connectivity index (χ1v) is 10.6. The number of carbonyl (C=O) groups is 1. The molecular weight excluding hydrogens is 452 g/mol. The maximum absolute atomic E-state index is 13.4. The van der Waals surface area contributed by atoms with E-state index in [0.29, 0.717) is 50.7 Å². The lowest BCUT2D eigenvalue weighted by atomic mass is 10.0. The Labute approximate surface area is 201 Å². The molecule has 0 unspecified atom stereocenters. The summed E-state index contributed by atoms with van der Waals surface area (Å²) in [6, 6.07) is 15.4. The highest BCUT2D eigenvalue weighted by molar-refractivity contribution is 5.89. The van der Waals surface area contributed by atoms with Crippen LogP contribution in [0.15, 0.2) is 70.1 Å². The molecule has 4 aromatic rings. The number of ether oxygens (including phenoxy) is 5. The minimum absolute atomic E-state index is 0.223. The van der Waals surface area contributed by atoms with Gasteiger partial charge >= 0.3 is 5.97 Å². The topological polar surface area (TPSA) is 93.4 Å². The Morgan fingerprint density at radius 3 is 2.23 bits per heavy atom. The highest BCUT2D eigenvalue weighted by atomic mass is 16.5. The summed E-state index contributed by atoms with van der Waals surface area (Å²) in [6.45, 7) is 0.223. The molecule has 0 aliphatic heterocycles. The molecular formula is C27H24O8. The fourth-order valence-electron chi connectivity index (χ4n) is 3.64. The summed E-state index contributed by atoms with van der Waals surface area (Å²) in [6.07, 6.45) is 1.40. The van der Waals surface area contributed by atoms with Crippen molar-refractivity contribution >= 4 is 16.9 Å². The molecule has 35 heavy (non-hydrogen) atoms. The predicted octanol–water partition coefficient (Wildman–Crippen LogP) is 4.85. The Morgan fingerprint density at radius 2 is 1.57 bits per heavy atom. The second-order valence-electron chi connectivity index (χ2n) is 7.52. The highest BCUT2D eigenvalue weighted by Gasteiger charge is 2.17. The van der Waals surface area contributed by atoms with E-state index in [9.17, 15) is 9.59 Å². The fraction of sp³-hybridized carbons (Fsp3) is 0.185. The van der Waals surface area contributed by atoms with Crippen LogP contribution in [0.5, 0.6) is 23.0 Å². The first-order valence-electron chi connectivity index (χ1n) is 10.6. The molecule has 0 spiro atoms. The van der Waals surface area contributed by atoms with Crippen molar-refractivity contribution < 1.29 is 32.9 Å². The van der Waals surface area contributed by atoms with Crippen LogP contribution in [-0.4, -0.2) is 34.4 Å². The number of benzene rings is 3. The molecule has 0 aliphatic rings. The number of hydrogen-bond donors (Lipinski definition) is 0. The molecule has 0 N–H and O–H groups in total. The number of hydrogen-bond acceptors (Lipinski definition) is 8. The molecule has 0 saturated heterocycles. The average molecular weight is 476 g/mol. The van der Waals surface area contributed by atoms with Crippen molar-refractivity contribution in [1.82, 2.24) is 0 Å². The Bertz CT molecular complexity index is 1420. The molecule has 180 valence electrons. The summed E-state index contributed by atoms with van der Waals surface area (Å²) in [5.74, 6) is 1.42. The lowest BCUT2D eigenvalue weighted by Gasteiger charge is -2.13. The minimum Gasteiger partial charge on any atom is -0.496 e. The Kier molecular flexibility index (Phi) is 6.91. The summed E-state index contributed by atoms with van der Waals surface area (Å²) in [5, 5.41) is 0.315. The maximum Gasteiger partial charge on any atom is 0.337 e. The second kappa shape index (κ2) is 10.2. The van der Waals surface area contributed by atoms with Gasteiger partial charge in [-0.25, -0.2) is 4.79 Å². The van der Waals surface area contributed by atoms with Crippen LogP contribution in [0.25, 0.3) is 22.1 Å². The summed E-state index contributed by atoms with van der Waals surface area (Å²) in [7, 11) is 5.88. The van der Waals surface area contributed by atoms with Gasteiger partial charge in [0.1, 0.15) is 35.3 Å². The van der Waals surface area contributed by atoms with E-state index in [4.69, 9.17) is 28.1 Å². The lowest BCUT2D eigenvalue weighted by molar-refractivity contribution is 0.0600. The van der Waals surface area contributed by atoms with Gasteiger partial charge in [-0.1, -0.05) is 18.2 Å². The van der Waals surface area contributed by atoms with Crippen molar-refractivity contribution in [1.29, 1.82) is 0 Å². The van der Waals surface area contributed by atoms with Gasteiger partial charge in [-0.05, 0) is 35.4 Å². The molecule has 0 amide bonds. The molecule has 0 atom stereocenters. The van der Waals surface area contributed by atoms with Gasteiger partial charge in [0.15, 0.2) is 11.5 Å². The first kappa shape index (κ1) is 23.7. The van der Waals surface area contributed by atoms with Gasteiger partial charge in [-0.3, -0.25) is 4.79 Å². The third kappa shape index (κ3) is 4.77. The summed E-state index contributed by atoms with van der Waals surface area (Å²) >= 11 is 0. The molecule has 8 heteroatoms. The third-order valence-corrected chi connectivity index (χ3v) is 5.51. The molecule has 4 rings (SSSR count). The number of methoxy groups -OCH3 is 4. The number of fused-ring (bicyclic) bond motifs is 1. The minimum atomic E-state index is -0.406.